The van der Waals surface area contributed by atoms with Crippen molar-refractivity contribution in [1.82, 2.24) is 4.98 Å². The Morgan fingerprint density at radius 1 is 1.10 bits per heavy atom. The lowest BCUT2D eigenvalue weighted by Gasteiger charge is -2.08. The number of nitrogens with zero attached hydrogens (tertiary/aromatic N) is 1. The van der Waals surface area contributed by atoms with Gasteiger partial charge in [-0.05, 0) is 36.8 Å². The van der Waals surface area contributed by atoms with E-state index >= 15 is 0 Å². The first kappa shape index (κ1) is 15.3. The number of nitrogens with two attached hydrogens (primary N) is 1. The van der Waals surface area contributed by atoms with Gasteiger partial charge in [0.1, 0.15) is 11.5 Å². The summed E-state index contributed by atoms with van der Waals surface area (Å²) in [6.07, 6.45) is 3.39. The summed E-state index contributed by atoms with van der Waals surface area (Å²) >= 11 is 0. The minimum Gasteiger partial charge on any atom is -0.497 e. The summed E-state index contributed by atoms with van der Waals surface area (Å²) in [5.41, 5.74) is 7.96. The van der Waals surface area contributed by atoms with E-state index in [1.165, 1.54) is 5.56 Å². The second kappa shape index (κ2) is 7.64. The van der Waals surface area contributed by atoms with E-state index in [9.17, 15) is 0 Å². The molecule has 112 valence electrons. The van der Waals surface area contributed by atoms with Crippen molar-refractivity contribution in [1.29, 1.82) is 0 Å². The monoisotopic (exact) mass is 286 g/mol. The third-order valence-corrected chi connectivity index (χ3v) is 3.15. The fraction of sp³-hybridized carbons (Fsp3) is 0.353. The van der Waals surface area contributed by atoms with Crippen molar-refractivity contribution in [3.05, 3.63) is 53.9 Å². The highest BCUT2D eigenvalue weighted by atomic mass is 16.5. The number of hydrogen-bond donors (Lipinski definition) is 1. The Morgan fingerprint density at radius 3 is 2.38 bits per heavy atom. The van der Waals surface area contributed by atoms with Crippen LogP contribution >= 0.6 is 0 Å². The molecule has 0 spiro atoms. The third kappa shape index (κ3) is 5.08. The van der Waals surface area contributed by atoms with Gasteiger partial charge in [-0.3, -0.25) is 4.98 Å². The molecule has 2 rings (SSSR count). The maximum atomic E-state index is 5.75. The summed E-state index contributed by atoms with van der Waals surface area (Å²) < 4.78 is 10.8. The minimum atomic E-state index is 0.124. The van der Waals surface area contributed by atoms with Gasteiger partial charge in [-0.1, -0.05) is 12.1 Å². The van der Waals surface area contributed by atoms with E-state index in [1.807, 2.05) is 43.3 Å². The van der Waals surface area contributed by atoms with Gasteiger partial charge in [-0.2, -0.15) is 0 Å². The molecule has 1 unspecified atom stereocenters. The van der Waals surface area contributed by atoms with Crippen molar-refractivity contribution in [2.24, 2.45) is 5.73 Å². The van der Waals surface area contributed by atoms with Crippen LogP contribution < -0.4 is 15.2 Å². The molecule has 2 N–H and O–H groups in total. The summed E-state index contributed by atoms with van der Waals surface area (Å²) in [5, 5.41) is 0. The predicted molar refractivity (Wildman–Crippen MR) is 83.8 cm³/mol. The number of pyridine rings is 1. The summed E-state index contributed by atoms with van der Waals surface area (Å²) in [7, 11) is 1.67. The zero-order chi connectivity index (χ0) is 15.1. The molecule has 0 aliphatic rings. The Labute approximate surface area is 125 Å². The third-order valence-electron chi connectivity index (χ3n) is 3.15. The number of rotatable bonds is 7. The predicted octanol–water partition coefficient (Wildman–Crippen LogP) is 2.60. The molecule has 0 aliphatic carbocycles. The quantitative estimate of drug-likeness (QED) is 0.850. The van der Waals surface area contributed by atoms with Crippen molar-refractivity contribution in [2.45, 2.75) is 25.8 Å². The number of aromatic nitrogens is 1. The molecule has 2 aromatic rings. The highest BCUT2D eigenvalue weighted by Gasteiger charge is 2.01. The topological polar surface area (TPSA) is 57.4 Å². The molecular formula is C17H22N2O2. The van der Waals surface area contributed by atoms with Crippen molar-refractivity contribution >= 4 is 0 Å². The smallest absolute Gasteiger partial charge is 0.137 e. The lowest BCUT2D eigenvalue weighted by molar-refractivity contribution is 0.320. The Morgan fingerprint density at radius 2 is 1.81 bits per heavy atom. The molecule has 0 aliphatic heterocycles. The van der Waals surface area contributed by atoms with Crippen LogP contribution in [0.3, 0.4) is 0 Å². The summed E-state index contributed by atoms with van der Waals surface area (Å²) in [6.45, 7) is 2.60. The number of benzene rings is 1. The molecule has 1 aromatic carbocycles. The van der Waals surface area contributed by atoms with Crippen LogP contribution in [-0.2, 0) is 12.8 Å². The van der Waals surface area contributed by atoms with Crippen molar-refractivity contribution in [2.75, 3.05) is 13.7 Å². The van der Waals surface area contributed by atoms with Gasteiger partial charge in [-0.25, -0.2) is 0 Å². The molecule has 0 radical (unpaired) electrons. The highest BCUT2D eigenvalue weighted by Crippen LogP contribution is 2.13. The molecule has 0 fully saturated rings. The highest BCUT2D eigenvalue weighted by molar-refractivity contribution is 5.27. The number of hydrogen-bond acceptors (Lipinski definition) is 4. The number of methoxy groups -OCH3 is 1. The van der Waals surface area contributed by atoms with E-state index in [0.29, 0.717) is 6.61 Å². The van der Waals surface area contributed by atoms with Gasteiger partial charge in [0.25, 0.3) is 0 Å². The summed E-state index contributed by atoms with van der Waals surface area (Å²) in [6, 6.07) is 12.0. The van der Waals surface area contributed by atoms with Gasteiger partial charge in [0.15, 0.2) is 0 Å². The SMILES string of the molecule is COc1ccc(CCOc2ccc(CC(C)N)nc2)cc1. The standard InChI is InChI=1S/C17H22N2O2/c1-13(18)11-15-5-8-17(12-19-15)21-10-9-14-3-6-16(20-2)7-4-14/h3-8,12-13H,9-11,18H2,1-2H3. The summed E-state index contributed by atoms with van der Waals surface area (Å²) in [4.78, 5) is 4.35. The molecule has 4 heteroatoms. The fourth-order valence-electron chi connectivity index (χ4n) is 2.03. The van der Waals surface area contributed by atoms with Crippen LogP contribution in [-0.4, -0.2) is 24.7 Å². The normalized spacial score (nSPS) is 12.0. The molecule has 1 heterocycles. The number of ether oxygens (including phenoxy) is 2. The Kier molecular flexibility index (Phi) is 5.58. The zero-order valence-corrected chi connectivity index (χ0v) is 12.6. The van der Waals surface area contributed by atoms with Gasteiger partial charge in [0, 0.05) is 24.6 Å². The molecule has 4 nitrogen and oxygen atoms in total. The lowest BCUT2D eigenvalue weighted by atomic mass is 10.1. The average Bonchev–Trinajstić information content (AvgIpc) is 2.49. The fourth-order valence-corrected chi connectivity index (χ4v) is 2.03. The first-order chi connectivity index (χ1) is 10.2. The Balaban J connectivity index is 1.79. The van der Waals surface area contributed by atoms with E-state index < -0.39 is 0 Å². The van der Waals surface area contributed by atoms with Crippen molar-refractivity contribution in [3.63, 3.8) is 0 Å². The van der Waals surface area contributed by atoms with Crippen molar-refractivity contribution < 1.29 is 9.47 Å². The maximum absolute atomic E-state index is 5.75. The Bertz CT molecular complexity index is 536. The zero-order valence-electron chi connectivity index (χ0n) is 12.6. The molecule has 21 heavy (non-hydrogen) atoms. The van der Waals surface area contributed by atoms with E-state index in [0.717, 1.165) is 30.0 Å². The second-order valence-electron chi connectivity index (χ2n) is 5.11. The van der Waals surface area contributed by atoms with E-state index in [-0.39, 0.29) is 6.04 Å². The molecule has 1 aromatic heterocycles. The van der Waals surface area contributed by atoms with Crippen LogP contribution in [0, 0.1) is 0 Å². The lowest BCUT2D eigenvalue weighted by Crippen LogP contribution is -2.18. The first-order valence-corrected chi connectivity index (χ1v) is 7.13. The molecular weight excluding hydrogens is 264 g/mol. The summed E-state index contributed by atoms with van der Waals surface area (Å²) in [5.74, 6) is 1.66. The van der Waals surface area contributed by atoms with Crippen LogP contribution in [0.25, 0.3) is 0 Å². The van der Waals surface area contributed by atoms with Crippen LogP contribution in [0.5, 0.6) is 11.5 Å². The van der Waals surface area contributed by atoms with Gasteiger partial charge < -0.3 is 15.2 Å². The van der Waals surface area contributed by atoms with Crippen LogP contribution in [0.15, 0.2) is 42.6 Å². The Hall–Kier alpha value is -2.07. The van der Waals surface area contributed by atoms with Crippen molar-refractivity contribution in [3.8, 4) is 11.5 Å². The van der Waals surface area contributed by atoms with Gasteiger partial charge in [0.2, 0.25) is 0 Å². The molecule has 0 bridgehead atoms. The van der Waals surface area contributed by atoms with Crippen LogP contribution in [0.2, 0.25) is 0 Å². The van der Waals surface area contributed by atoms with Crippen LogP contribution in [0.4, 0.5) is 0 Å². The van der Waals surface area contributed by atoms with E-state index in [1.54, 1.807) is 13.3 Å². The van der Waals surface area contributed by atoms with Crippen LogP contribution in [0.1, 0.15) is 18.2 Å². The molecule has 0 saturated carbocycles. The van der Waals surface area contributed by atoms with E-state index in [4.69, 9.17) is 15.2 Å². The molecule has 0 saturated heterocycles. The van der Waals surface area contributed by atoms with Gasteiger partial charge in [0.05, 0.1) is 19.9 Å². The average molecular weight is 286 g/mol. The molecule has 0 amide bonds. The van der Waals surface area contributed by atoms with E-state index in [2.05, 4.69) is 4.98 Å². The second-order valence-corrected chi connectivity index (χ2v) is 5.11. The first-order valence-electron chi connectivity index (χ1n) is 7.13. The largest absolute Gasteiger partial charge is 0.497 e. The maximum Gasteiger partial charge on any atom is 0.137 e. The van der Waals surface area contributed by atoms with Gasteiger partial charge in [-0.15, -0.1) is 0 Å². The molecule has 1 atom stereocenters. The minimum absolute atomic E-state index is 0.124. The van der Waals surface area contributed by atoms with Gasteiger partial charge >= 0.3 is 0 Å².